The van der Waals surface area contributed by atoms with Crippen molar-refractivity contribution in [1.82, 2.24) is 10.6 Å². The first kappa shape index (κ1) is 28.3. The van der Waals surface area contributed by atoms with Gasteiger partial charge in [-0.15, -0.1) is 0 Å². The smallest absolute Gasteiger partial charge is 0.222 e. The van der Waals surface area contributed by atoms with E-state index in [9.17, 15) is 19.1 Å². The molecule has 4 aliphatic rings. The number of amides is 1. The van der Waals surface area contributed by atoms with Crippen LogP contribution in [-0.2, 0) is 14.3 Å². The zero-order valence-electron chi connectivity index (χ0n) is 21.6. The van der Waals surface area contributed by atoms with Gasteiger partial charge in [0.2, 0.25) is 5.91 Å². The standard InChI is InChI=1S/C29H33Cl2FN2O5/c30-19-3-1-18(2-4-19)25(33-20-15-38-16-20)12-27(37)34-29-9-7-28(8-10-29,26(36)14-29)13-21(35)17-39-22-5-6-23(31)24(32)11-22/h1-6,11,20,25-26,33,36H,7-10,12-17H2,(H,34,37)/t25?,26-,28?,29?/m0/s1. The first-order valence-electron chi connectivity index (χ1n) is 13.3. The Kier molecular flexibility index (Phi) is 8.50. The Labute approximate surface area is 237 Å². The van der Waals surface area contributed by atoms with Gasteiger partial charge in [-0.2, -0.15) is 0 Å². The predicted molar refractivity (Wildman–Crippen MR) is 145 cm³/mol. The second-order valence-corrected chi connectivity index (χ2v) is 12.0. The fraction of sp³-hybridized carbons (Fsp3) is 0.517. The number of hydrogen-bond acceptors (Lipinski definition) is 6. The lowest BCUT2D eigenvalue weighted by atomic mass is 9.54. The van der Waals surface area contributed by atoms with Crippen LogP contribution in [0.2, 0.25) is 10.0 Å². The van der Waals surface area contributed by atoms with Crippen LogP contribution in [0.25, 0.3) is 0 Å². The number of ether oxygens (including phenoxy) is 2. The SMILES string of the molecule is O=C(COc1ccc(Cl)c(F)c1)CC12CCC(NC(=O)CC(NC3COC3)c3ccc(Cl)cc3)(CC1)C[C@@H]2O. The molecule has 3 aliphatic carbocycles. The van der Waals surface area contributed by atoms with Gasteiger partial charge in [-0.3, -0.25) is 9.59 Å². The van der Waals surface area contributed by atoms with E-state index in [0.717, 1.165) is 11.6 Å². The Morgan fingerprint density at radius 2 is 1.82 bits per heavy atom. The lowest BCUT2D eigenvalue weighted by molar-refractivity contribution is -0.142. The van der Waals surface area contributed by atoms with Gasteiger partial charge in [0.1, 0.15) is 18.2 Å². The van der Waals surface area contributed by atoms with E-state index in [1.165, 1.54) is 12.1 Å². The monoisotopic (exact) mass is 578 g/mol. The predicted octanol–water partition coefficient (Wildman–Crippen LogP) is 4.77. The van der Waals surface area contributed by atoms with Crippen LogP contribution in [0.5, 0.6) is 5.75 Å². The summed E-state index contributed by atoms with van der Waals surface area (Å²) in [6.45, 7) is 1.02. The fourth-order valence-electron chi connectivity index (χ4n) is 6.11. The maximum Gasteiger partial charge on any atom is 0.222 e. The van der Waals surface area contributed by atoms with Gasteiger partial charge in [0.05, 0.1) is 30.4 Å². The Morgan fingerprint density at radius 1 is 1.10 bits per heavy atom. The molecule has 39 heavy (non-hydrogen) atoms. The van der Waals surface area contributed by atoms with Crippen molar-refractivity contribution < 1.29 is 28.6 Å². The molecule has 10 heteroatoms. The second-order valence-electron chi connectivity index (χ2n) is 11.2. The molecule has 4 fully saturated rings. The van der Waals surface area contributed by atoms with E-state index in [2.05, 4.69) is 10.6 Å². The van der Waals surface area contributed by atoms with Crippen molar-refractivity contribution in [2.45, 2.75) is 68.7 Å². The van der Waals surface area contributed by atoms with Gasteiger partial charge in [-0.05, 0) is 61.9 Å². The van der Waals surface area contributed by atoms with Crippen LogP contribution in [0.3, 0.4) is 0 Å². The molecule has 2 bridgehead atoms. The number of carbonyl (C=O) groups is 2. The topological polar surface area (TPSA) is 96.9 Å². The van der Waals surface area contributed by atoms with Crippen molar-refractivity contribution >= 4 is 34.9 Å². The van der Waals surface area contributed by atoms with Crippen LogP contribution >= 0.6 is 23.2 Å². The Hall–Kier alpha value is -2.23. The average Bonchev–Trinajstić information content (AvgIpc) is 2.87. The van der Waals surface area contributed by atoms with E-state index >= 15 is 0 Å². The van der Waals surface area contributed by atoms with E-state index in [1.807, 2.05) is 24.3 Å². The quantitative estimate of drug-likeness (QED) is 0.355. The molecule has 1 heterocycles. The summed E-state index contributed by atoms with van der Waals surface area (Å²) in [6, 6.07) is 11.5. The molecule has 1 aliphatic heterocycles. The number of rotatable bonds is 11. The minimum Gasteiger partial charge on any atom is -0.486 e. The lowest BCUT2D eigenvalue weighted by Crippen LogP contribution is -2.62. The van der Waals surface area contributed by atoms with Gasteiger partial charge in [-0.25, -0.2) is 4.39 Å². The third kappa shape index (κ3) is 6.57. The van der Waals surface area contributed by atoms with Crippen molar-refractivity contribution in [2.75, 3.05) is 19.8 Å². The number of aliphatic hydroxyl groups excluding tert-OH is 1. The van der Waals surface area contributed by atoms with Crippen LogP contribution in [0, 0.1) is 11.2 Å². The molecule has 1 unspecified atom stereocenters. The zero-order chi connectivity index (χ0) is 27.6. The Morgan fingerprint density at radius 3 is 2.44 bits per heavy atom. The van der Waals surface area contributed by atoms with Crippen LogP contribution in [0.15, 0.2) is 42.5 Å². The number of hydrogen-bond donors (Lipinski definition) is 3. The van der Waals surface area contributed by atoms with Crippen LogP contribution in [0.1, 0.15) is 56.6 Å². The number of Topliss-reactive ketones (excluding diaryl/α,β-unsaturated/α-hetero) is 1. The van der Waals surface area contributed by atoms with Gasteiger partial charge < -0.3 is 25.2 Å². The summed E-state index contributed by atoms with van der Waals surface area (Å²) in [5.74, 6) is -0.613. The first-order chi connectivity index (χ1) is 18.7. The number of nitrogens with one attached hydrogen (secondary N) is 2. The van der Waals surface area contributed by atoms with Crippen molar-refractivity contribution in [3.63, 3.8) is 0 Å². The molecule has 0 aromatic heterocycles. The number of ketones is 1. The number of benzene rings is 2. The summed E-state index contributed by atoms with van der Waals surface area (Å²) < 4.78 is 24.4. The number of halogens is 3. The summed E-state index contributed by atoms with van der Waals surface area (Å²) in [6.07, 6.45) is 2.79. The number of carbonyl (C=O) groups excluding carboxylic acids is 2. The maximum absolute atomic E-state index is 13.6. The highest BCUT2D eigenvalue weighted by molar-refractivity contribution is 6.30. The normalized spacial score (nSPS) is 27.0. The molecule has 210 valence electrons. The van der Waals surface area contributed by atoms with E-state index < -0.39 is 22.9 Å². The maximum atomic E-state index is 13.6. The highest BCUT2D eigenvalue weighted by atomic mass is 35.5. The number of fused-ring (bicyclic) bond motifs is 3. The van der Waals surface area contributed by atoms with Crippen molar-refractivity contribution in [3.8, 4) is 5.75 Å². The Balaban J connectivity index is 1.16. The number of aliphatic hydroxyl groups is 1. The summed E-state index contributed by atoms with van der Waals surface area (Å²) >= 11 is 11.8. The zero-order valence-corrected chi connectivity index (χ0v) is 23.1. The fourth-order valence-corrected chi connectivity index (χ4v) is 6.36. The lowest BCUT2D eigenvalue weighted by Gasteiger charge is -2.56. The third-order valence-electron chi connectivity index (χ3n) is 8.48. The van der Waals surface area contributed by atoms with Crippen molar-refractivity contribution in [1.29, 1.82) is 0 Å². The first-order valence-corrected chi connectivity index (χ1v) is 14.1. The molecule has 7 nitrogen and oxygen atoms in total. The summed E-state index contributed by atoms with van der Waals surface area (Å²) in [5.41, 5.74) is -0.0363. The second kappa shape index (κ2) is 11.7. The molecule has 1 amide bonds. The molecule has 6 rings (SSSR count). The van der Waals surface area contributed by atoms with Crippen LogP contribution in [-0.4, -0.2) is 54.3 Å². The minimum atomic E-state index is -0.713. The van der Waals surface area contributed by atoms with Gasteiger partial charge in [0, 0.05) is 40.9 Å². The molecule has 3 saturated carbocycles. The van der Waals surface area contributed by atoms with E-state index in [4.69, 9.17) is 32.7 Å². The molecule has 3 N–H and O–H groups in total. The highest BCUT2D eigenvalue weighted by Crippen LogP contribution is 2.54. The van der Waals surface area contributed by atoms with E-state index in [-0.39, 0.29) is 54.0 Å². The summed E-state index contributed by atoms with van der Waals surface area (Å²) in [7, 11) is 0. The third-order valence-corrected chi connectivity index (χ3v) is 9.03. The van der Waals surface area contributed by atoms with Gasteiger partial charge in [0.15, 0.2) is 5.78 Å². The molecular weight excluding hydrogens is 546 g/mol. The minimum absolute atomic E-state index is 0.0135. The van der Waals surface area contributed by atoms with E-state index in [1.54, 1.807) is 0 Å². The molecule has 2 atom stereocenters. The molecule has 0 radical (unpaired) electrons. The van der Waals surface area contributed by atoms with Crippen LogP contribution in [0.4, 0.5) is 4.39 Å². The van der Waals surface area contributed by atoms with Crippen LogP contribution < -0.4 is 15.4 Å². The molecule has 0 spiro atoms. The largest absolute Gasteiger partial charge is 0.486 e. The highest BCUT2D eigenvalue weighted by Gasteiger charge is 2.55. The van der Waals surface area contributed by atoms with Gasteiger partial charge in [-0.1, -0.05) is 35.3 Å². The van der Waals surface area contributed by atoms with E-state index in [0.29, 0.717) is 50.3 Å². The molecular formula is C29H33Cl2FN2O5. The Bertz CT molecular complexity index is 1200. The summed E-state index contributed by atoms with van der Waals surface area (Å²) in [4.78, 5) is 26.0. The van der Waals surface area contributed by atoms with Gasteiger partial charge >= 0.3 is 0 Å². The molecule has 2 aromatic rings. The molecule has 2 aromatic carbocycles. The molecule has 1 saturated heterocycles. The average molecular weight is 579 g/mol. The van der Waals surface area contributed by atoms with Crippen molar-refractivity contribution in [3.05, 3.63) is 63.9 Å². The van der Waals surface area contributed by atoms with Gasteiger partial charge in [0.25, 0.3) is 0 Å². The van der Waals surface area contributed by atoms with Crippen molar-refractivity contribution in [2.24, 2.45) is 5.41 Å². The summed E-state index contributed by atoms with van der Waals surface area (Å²) in [5, 5.41) is 18.5.